The van der Waals surface area contributed by atoms with Crippen LogP contribution in [0.5, 0.6) is 0 Å². The number of carbonyl (C=O) groups excluding carboxylic acids is 4. The largest absolute Gasteiger partial charge is 0.455 e. The van der Waals surface area contributed by atoms with Crippen molar-refractivity contribution >= 4 is 29.4 Å². The molecule has 3 fully saturated rings. The molecule has 1 saturated heterocycles. The van der Waals surface area contributed by atoms with Gasteiger partial charge in [-0.1, -0.05) is 12.1 Å². The normalized spacial score (nSPS) is 19.1. The van der Waals surface area contributed by atoms with E-state index in [4.69, 9.17) is 4.74 Å². The predicted octanol–water partition coefficient (Wildman–Crippen LogP) is 1.71. The van der Waals surface area contributed by atoms with Gasteiger partial charge in [0.2, 0.25) is 5.91 Å². The number of nitrogens with zero attached hydrogens (tertiary/aromatic N) is 1. The lowest BCUT2D eigenvalue weighted by molar-refractivity contribution is -0.154. The third kappa shape index (κ3) is 5.17. The molecule has 2 aliphatic carbocycles. The van der Waals surface area contributed by atoms with E-state index in [0.29, 0.717) is 37.2 Å². The fourth-order valence-electron chi connectivity index (χ4n) is 3.65. The number of hydrogen-bond acceptors (Lipinski definition) is 5. The zero-order valence-corrected chi connectivity index (χ0v) is 16.9. The quantitative estimate of drug-likeness (QED) is 0.662. The molecule has 8 heteroatoms. The van der Waals surface area contributed by atoms with Crippen LogP contribution in [0, 0.1) is 11.8 Å². The summed E-state index contributed by atoms with van der Waals surface area (Å²) >= 11 is 0. The van der Waals surface area contributed by atoms with Crippen LogP contribution in [0.1, 0.15) is 48.9 Å². The number of piperidine rings is 1. The maximum atomic E-state index is 12.3. The lowest BCUT2D eigenvalue weighted by Crippen LogP contribution is -2.41. The van der Waals surface area contributed by atoms with Gasteiger partial charge >= 0.3 is 5.97 Å². The molecule has 4 rings (SSSR count). The first-order valence-electron chi connectivity index (χ1n) is 10.7. The van der Waals surface area contributed by atoms with Gasteiger partial charge in [0, 0.05) is 25.0 Å². The van der Waals surface area contributed by atoms with Gasteiger partial charge in [-0.3, -0.25) is 19.2 Å². The molecule has 3 amide bonds. The Balaban J connectivity index is 1.22. The number of esters is 1. The molecule has 2 N–H and O–H groups in total. The summed E-state index contributed by atoms with van der Waals surface area (Å²) in [6.45, 7) is 0.716. The van der Waals surface area contributed by atoms with E-state index in [1.54, 1.807) is 24.3 Å². The summed E-state index contributed by atoms with van der Waals surface area (Å²) in [5.41, 5.74) is 0.778. The molecule has 160 valence electrons. The Morgan fingerprint density at radius 2 is 1.63 bits per heavy atom. The number of ether oxygens (including phenoxy) is 1. The van der Waals surface area contributed by atoms with Gasteiger partial charge in [0.15, 0.2) is 6.61 Å². The first-order chi connectivity index (χ1) is 14.5. The molecule has 0 atom stereocenters. The number of likely N-dealkylation sites (tertiary alicyclic amines) is 1. The summed E-state index contributed by atoms with van der Waals surface area (Å²) in [6, 6.07) is 6.97. The van der Waals surface area contributed by atoms with Gasteiger partial charge in [0.25, 0.3) is 11.8 Å². The van der Waals surface area contributed by atoms with Crippen LogP contribution in [0.15, 0.2) is 24.3 Å². The van der Waals surface area contributed by atoms with Crippen molar-refractivity contribution in [2.45, 2.75) is 44.6 Å². The Hall–Kier alpha value is -2.90. The number of nitrogens with one attached hydrogen (secondary N) is 2. The Bertz CT molecular complexity index is 839. The van der Waals surface area contributed by atoms with Crippen LogP contribution in [-0.4, -0.2) is 54.3 Å². The molecule has 1 heterocycles. The molecule has 2 saturated carbocycles. The van der Waals surface area contributed by atoms with Crippen molar-refractivity contribution in [1.82, 2.24) is 10.2 Å². The number of hydrogen-bond donors (Lipinski definition) is 2. The van der Waals surface area contributed by atoms with Gasteiger partial charge in [-0.05, 0) is 50.7 Å². The maximum Gasteiger partial charge on any atom is 0.309 e. The van der Waals surface area contributed by atoms with E-state index >= 15 is 0 Å². The molecule has 0 radical (unpaired) electrons. The van der Waals surface area contributed by atoms with Crippen molar-refractivity contribution in [3.63, 3.8) is 0 Å². The molecule has 0 spiro atoms. The van der Waals surface area contributed by atoms with Gasteiger partial charge in [-0.2, -0.15) is 0 Å². The minimum Gasteiger partial charge on any atom is -0.455 e. The molecule has 3 aliphatic rings. The summed E-state index contributed by atoms with van der Waals surface area (Å²) in [4.78, 5) is 50.8. The third-order valence-electron chi connectivity index (χ3n) is 5.77. The second-order valence-corrected chi connectivity index (χ2v) is 8.32. The topological polar surface area (TPSA) is 105 Å². The highest BCUT2D eigenvalue weighted by Gasteiger charge is 2.36. The third-order valence-corrected chi connectivity index (χ3v) is 5.77. The van der Waals surface area contributed by atoms with Gasteiger partial charge < -0.3 is 20.3 Å². The van der Waals surface area contributed by atoms with Gasteiger partial charge in [0.05, 0.1) is 17.2 Å². The highest BCUT2D eigenvalue weighted by Crippen LogP contribution is 2.32. The average molecular weight is 413 g/mol. The van der Waals surface area contributed by atoms with E-state index in [1.165, 1.54) is 0 Å². The first-order valence-corrected chi connectivity index (χ1v) is 10.7. The van der Waals surface area contributed by atoms with Crippen LogP contribution >= 0.6 is 0 Å². The van der Waals surface area contributed by atoms with Crippen molar-refractivity contribution < 1.29 is 23.9 Å². The summed E-state index contributed by atoms with van der Waals surface area (Å²) in [7, 11) is 0. The highest BCUT2D eigenvalue weighted by molar-refractivity contribution is 6.04. The summed E-state index contributed by atoms with van der Waals surface area (Å²) in [5, 5.41) is 5.55. The van der Waals surface area contributed by atoms with E-state index in [2.05, 4.69) is 10.6 Å². The summed E-state index contributed by atoms with van der Waals surface area (Å²) < 4.78 is 5.19. The molecular weight excluding hydrogens is 386 g/mol. The zero-order valence-electron chi connectivity index (χ0n) is 16.9. The number of anilines is 1. The number of carbonyl (C=O) groups is 4. The van der Waals surface area contributed by atoms with Crippen molar-refractivity contribution in [3.05, 3.63) is 29.8 Å². The van der Waals surface area contributed by atoms with E-state index in [-0.39, 0.29) is 29.7 Å². The van der Waals surface area contributed by atoms with E-state index in [0.717, 1.165) is 25.7 Å². The molecule has 1 aliphatic heterocycles. The van der Waals surface area contributed by atoms with Crippen LogP contribution in [0.3, 0.4) is 0 Å². The van der Waals surface area contributed by atoms with Gasteiger partial charge in [0.1, 0.15) is 0 Å². The number of para-hydroxylation sites is 1. The minimum absolute atomic E-state index is 0.187. The standard InChI is InChI=1S/C22H27N3O5/c26-19(24-18-4-2-1-3-17(18)20(27)23-16-7-8-16)13-30-22(29)15-9-11-25(12-10-15)21(28)14-5-6-14/h1-4,14-16H,5-13H2,(H,23,27)(H,24,26). The van der Waals surface area contributed by atoms with Crippen molar-refractivity contribution in [3.8, 4) is 0 Å². The zero-order chi connectivity index (χ0) is 21.1. The molecule has 1 aromatic carbocycles. The minimum atomic E-state index is -0.489. The number of rotatable bonds is 7. The molecule has 0 bridgehead atoms. The SMILES string of the molecule is O=C(COC(=O)C1CCN(C(=O)C2CC2)CC1)Nc1ccccc1C(=O)NC1CC1. The van der Waals surface area contributed by atoms with Crippen LogP contribution in [0.4, 0.5) is 5.69 Å². The van der Waals surface area contributed by atoms with Crippen LogP contribution in [0.2, 0.25) is 0 Å². The van der Waals surface area contributed by atoms with Gasteiger partial charge in [-0.25, -0.2) is 0 Å². The molecule has 30 heavy (non-hydrogen) atoms. The number of benzene rings is 1. The Morgan fingerprint density at radius 3 is 2.30 bits per heavy atom. The van der Waals surface area contributed by atoms with Crippen molar-refractivity contribution in [2.75, 3.05) is 25.0 Å². The maximum absolute atomic E-state index is 12.3. The first kappa shape index (κ1) is 20.4. The fraction of sp³-hybridized carbons (Fsp3) is 0.545. The second-order valence-electron chi connectivity index (χ2n) is 8.32. The molecule has 8 nitrogen and oxygen atoms in total. The second kappa shape index (κ2) is 8.85. The lowest BCUT2D eigenvalue weighted by Gasteiger charge is -2.31. The lowest BCUT2D eigenvalue weighted by atomic mass is 9.97. The molecular formula is C22H27N3O5. The number of amides is 3. The van der Waals surface area contributed by atoms with Crippen LogP contribution in [-0.2, 0) is 19.1 Å². The molecule has 0 aromatic heterocycles. The van der Waals surface area contributed by atoms with E-state index < -0.39 is 18.5 Å². The molecule has 0 unspecified atom stereocenters. The van der Waals surface area contributed by atoms with E-state index in [1.807, 2.05) is 4.90 Å². The Kier molecular flexibility index (Phi) is 6.01. The predicted molar refractivity (Wildman–Crippen MR) is 109 cm³/mol. The van der Waals surface area contributed by atoms with Crippen LogP contribution in [0.25, 0.3) is 0 Å². The van der Waals surface area contributed by atoms with Gasteiger partial charge in [-0.15, -0.1) is 0 Å². The molecule has 1 aromatic rings. The average Bonchev–Trinajstić information content (AvgIpc) is 3.66. The highest BCUT2D eigenvalue weighted by atomic mass is 16.5. The van der Waals surface area contributed by atoms with E-state index in [9.17, 15) is 19.2 Å². The Morgan fingerprint density at radius 1 is 0.933 bits per heavy atom. The summed E-state index contributed by atoms with van der Waals surface area (Å²) in [5.74, 6) is -1.03. The summed E-state index contributed by atoms with van der Waals surface area (Å²) in [6.07, 6.45) is 5.02. The van der Waals surface area contributed by atoms with Crippen molar-refractivity contribution in [2.24, 2.45) is 11.8 Å². The monoisotopic (exact) mass is 413 g/mol. The fourth-order valence-corrected chi connectivity index (χ4v) is 3.65. The van der Waals surface area contributed by atoms with Crippen LogP contribution < -0.4 is 10.6 Å². The Labute approximate surface area is 175 Å². The van der Waals surface area contributed by atoms with Crippen molar-refractivity contribution in [1.29, 1.82) is 0 Å². The smallest absolute Gasteiger partial charge is 0.309 e.